The van der Waals surface area contributed by atoms with Crippen LogP contribution in [0.5, 0.6) is 0 Å². The van der Waals surface area contributed by atoms with E-state index < -0.39 is 4.92 Å². The van der Waals surface area contributed by atoms with Crippen molar-refractivity contribution in [1.82, 2.24) is 15.0 Å². The molecular weight excluding hydrogens is 296 g/mol. The van der Waals surface area contributed by atoms with Crippen LogP contribution in [0, 0.1) is 10.1 Å². The SMILES string of the molecule is O=[N+]([O-])c1c(Nc2cccnc2)ncnc1NC1CCCCC1. The predicted molar refractivity (Wildman–Crippen MR) is 86.7 cm³/mol. The highest BCUT2D eigenvalue weighted by Gasteiger charge is 2.25. The second kappa shape index (κ2) is 6.99. The molecular formula is C15H18N6O2. The summed E-state index contributed by atoms with van der Waals surface area (Å²) >= 11 is 0. The van der Waals surface area contributed by atoms with Gasteiger partial charge in [0.1, 0.15) is 6.33 Å². The minimum Gasteiger partial charge on any atom is -0.361 e. The highest BCUT2D eigenvalue weighted by atomic mass is 16.6. The van der Waals surface area contributed by atoms with Crippen molar-refractivity contribution in [2.75, 3.05) is 10.6 Å². The fourth-order valence-corrected chi connectivity index (χ4v) is 2.76. The Bertz CT molecular complexity index is 673. The number of nitrogens with zero attached hydrogens (tertiary/aromatic N) is 4. The molecule has 0 amide bonds. The van der Waals surface area contributed by atoms with Gasteiger partial charge in [-0.05, 0) is 25.0 Å². The number of aromatic nitrogens is 3. The van der Waals surface area contributed by atoms with E-state index in [1.54, 1.807) is 24.5 Å². The largest absolute Gasteiger partial charge is 0.361 e. The quantitative estimate of drug-likeness (QED) is 0.644. The first-order valence-corrected chi connectivity index (χ1v) is 7.67. The van der Waals surface area contributed by atoms with Gasteiger partial charge in [-0.2, -0.15) is 0 Å². The van der Waals surface area contributed by atoms with Crippen LogP contribution >= 0.6 is 0 Å². The number of anilines is 3. The lowest BCUT2D eigenvalue weighted by atomic mass is 9.95. The van der Waals surface area contributed by atoms with E-state index in [1.807, 2.05) is 0 Å². The minimum atomic E-state index is -0.455. The molecule has 23 heavy (non-hydrogen) atoms. The van der Waals surface area contributed by atoms with E-state index in [0.29, 0.717) is 5.69 Å². The lowest BCUT2D eigenvalue weighted by Crippen LogP contribution is -2.23. The first kappa shape index (κ1) is 15.1. The van der Waals surface area contributed by atoms with Gasteiger partial charge in [-0.1, -0.05) is 19.3 Å². The first-order chi connectivity index (χ1) is 11.2. The second-order valence-electron chi connectivity index (χ2n) is 5.52. The van der Waals surface area contributed by atoms with Crippen LogP contribution in [0.4, 0.5) is 23.0 Å². The maximum absolute atomic E-state index is 11.5. The molecule has 0 spiro atoms. The van der Waals surface area contributed by atoms with Crippen molar-refractivity contribution < 1.29 is 4.92 Å². The topological polar surface area (TPSA) is 106 Å². The Morgan fingerprint density at radius 2 is 1.96 bits per heavy atom. The summed E-state index contributed by atoms with van der Waals surface area (Å²) in [6.07, 6.45) is 10.1. The van der Waals surface area contributed by atoms with Crippen LogP contribution in [-0.2, 0) is 0 Å². The maximum atomic E-state index is 11.5. The summed E-state index contributed by atoms with van der Waals surface area (Å²) < 4.78 is 0. The number of hydrogen-bond donors (Lipinski definition) is 2. The molecule has 0 radical (unpaired) electrons. The van der Waals surface area contributed by atoms with Gasteiger partial charge in [0, 0.05) is 12.2 Å². The van der Waals surface area contributed by atoms with Gasteiger partial charge in [0.25, 0.3) is 0 Å². The highest BCUT2D eigenvalue weighted by molar-refractivity contribution is 5.73. The summed E-state index contributed by atoms with van der Waals surface area (Å²) in [6.45, 7) is 0. The second-order valence-corrected chi connectivity index (χ2v) is 5.52. The molecule has 8 heteroatoms. The Morgan fingerprint density at radius 1 is 1.17 bits per heavy atom. The molecule has 2 N–H and O–H groups in total. The van der Waals surface area contributed by atoms with E-state index in [0.717, 1.165) is 25.7 Å². The van der Waals surface area contributed by atoms with Crippen LogP contribution in [0.15, 0.2) is 30.9 Å². The van der Waals surface area contributed by atoms with Gasteiger partial charge in [-0.3, -0.25) is 15.1 Å². The van der Waals surface area contributed by atoms with Crippen LogP contribution in [0.25, 0.3) is 0 Å². The molecule has 3 rings (SSSR count). The van der Waals surface area contributed by atoms with Gasteiger partial charge < -0.3 is 10.6 Å². The molecule has 1 aliphatic rings. The third kappa shape index (κ3) is 3.71. The third-order valence-electron chi connectivity index (χ3n) is 3.88. The zero-order valence-electron chi connectivity index (χ0n) is 12.6. The van der Waals surface area contributed by atoms with Gasteiger partial charge in [0.05, 0.1) is 16.8 Å². The van der Waals surface area contributed by atoms with Crippen molar-refractivity contribution in [2.45, 2.75) is 38.1 Å². The number of hydrogen-bond acceptors (Lipinski definition) is 7. The third-order valence-corrected chi connectivity index (χ3v) is 3.88. The average molecular weight is 314 g/mol. The van der Waals surface area contributed by atoms with Crippen molar-refractivity contribution in [2.24, 2.45) is 0 Å². The number of pyridine rings is 1. The van der Waals surface area contributed by atoms with Gasteiger partial charge in [0.15, 0.2) is 0 Å². The van der Waals surface area contributed by atoms with E-state index in [-0.39, 0.29) is 23.4 Å². The lowest BCUT2D eigenvalue weighted by Gasteiger charge is -2.23. The zero-order chi connectivity index (χ0) is 16.1. The standard InChI is InChI=1S/C15H18N6O2/c22-21(23)13-14(19-11-5-2-1-3-6-11)17-10-18-15(13)20-12-7-4-8-16-9-12/h4,7-11H,1-3,5-6H2,(H2,17,18,19,20). The lowest BCUT2D eigenvalue weighted by molar-refractivity contribution is -0.383. The van der Waals surface area contributed by atoms with Crippen LogP contribution in [0.3, 0.4) is 0 Å². The summed E-state index contributed by atoms with van der Waals surface area (Å²) in [7, 11) is 0. The van der Waals surface area contributed by atoms with Gasteiger partial charge >= 0.3 is 5.69 Å². The smallest absolute Gasteiger partial charge is 0.353 e. The molecule has 1 aliphatic carbocycles. The highest BCUT2D eigenvalue weighted by Crippen LogP contribution is 2.32. The molecule has 120 valence electrons. The molecule has 0 atom stereocenters. The molecule has 2 aromatic heterocycles. The predicted octanol–water partition coefficient (Wildman–Crippen LogP) is 3.27. The van der Waals surface area contributed by atoms with Crippen LogP contribution < -0.4 is 10.6 Å². The number of nitrogens with one attached hydrogen (secondary N) is 2. The van der Waals surface area contributed by atoms with E-state index in [2.05, 4.69) is 25.6 Å². The fourth-order valence-electron chi connectivity index (χ4n) is 2.76. The first-order valence-electron chi connectivity index (χ1n) is 7.67. The zero-order valence-corrected chi connectivity index (χ0v) is 12.6. The molecule has 2 heterocycles. The van der Waals surface area contributed by atoms with Crippen molar-refractivity contribution in [1.29, 1.82) is 0 Å². The summed E-state index contributed by atoms with van der Waals surface area (Å²) in [5.41, 5.74) is 0.500. The van der Waals surface area contributed by atoms with Gasteiger partial charge in [-0.25, -0.2) is 9.97 Å². The van der Waals surface area contributed by atoms with Crippen molar-refractivity contribution in [3.05, 3.63) is 41.0 Å². The molecule has 0 saturated heterocycles. The summed E-state index contributed by atoms with van der Waals surface area (Å²) in [4.78, 5) is 23.1. The Labute approximate surface area is 133 Å². The fraction of sp³-hybridized carbons (Fsp3) is 0.400. The maximum Gasteiger partial charge on any atom is 0.353 e. The number of nitro groups is 1. The molecule has 1 saturated carbocycles. The minimum absolute atomic E-state index is 0.137. The Balaban J connectivity index is 1.87. The van der Waals surface area contributed by atoms with Gasteiger partial charge in [0.2, 0.25) is 11.6 Å². The molecule has 0 aliphatic heterocycles. The molecule has 0 bridgehead atoms. The van der Waals surface area contributed by atoms with Crippen LogP contribution in [0.1, 0.15) is 32.1 Å². The number of rotatable bonds is 5. The Hall–Kier alpha value is -2.77. The Kier molecular flexibility index (Phi) is 4.60. The van der Waals surface area contributed by atoms with Gasteiger partial charge in [-0.15, -0.1) is 0 Å². The molecule has 2 aromatic rings. The van der Waals surface area contributed by atoms with E-state index in [1.165, 1.54) is 12.7 Å². The van der Waals surface area contributed by atoms with Crippen molar-refractivity contribution >= 4 is 23.0 Å². The molecule has 0 unspecified atom stereocenters. The van der Waals surface area contributed by atoms with E-state index >= 15 is 0 Å². The normalized spacial score (nSPS) is 15.1. The summed E-state index contributed by atoms with van der Waals surface area (Å²) in [5, 5.41) is 17.6. The molecule has 0 aromatic carbocycles. The van der Waals surface area contributed by atoms with Crippen molar-refractivity contribution in [3.8, 4) is 0 Å². The summed E-state index contributed by atoms with van der Waals surface area (Å²) in [6, 6.07) is 3.74. The molecule has 1 fully saturated rings. The average Bonchev–Trinajstić information content (AvgIpc) is 2.56. The monoisotopic (exact) mass is 314 g/mol. The molecule has 8 nitrogen and oxygen atoms in total. The van der Waals surface area contributed by atoms with Crippen LogP contribution in [-0.4, -0.2) is 25.9 Å². The Morgan fingerprint density at radius 3 is 2.65 bits per heavy atom. The summed E-state index contributed by atoms with van der Waals surface area (Å²) in [5.74, 6) is 0.430. The van der Waals surface area contributed by atoms with Crippen molar-refractivity contribution in [3.63, 3.8) is 0 Å². The van der Waals surface area contributed by atoms with E-state index in [4.69, 9.17) is 0 Å². The van der Waals surface area contributed by atoms with Crippen LogP contribution in [0.2, 0.25) is 0 Å². The van der Waals surface area contributed by atoms with E-state index in [9.17, 15) is 10.1 Å².